The van der Waals surface area contributed by atoms with Crippen molar-refractivity contribution in [2.75, 3.05) is 13.9 Å². The summed E-state index contributed by atoms with van der Waals surface area (Å²) in [5, 5.41) is 19.2. The number of hydrogen-bond donors (Lipinski definition) is 2. The van der Waals surface area contributed by atoms with Crippen LogP contribution in [0.15, 0.2) is 18.2 Å². The van der Waals surface area contributed by atoms with E-state index in [1.807, 2.05) is 0 Å². The first-order valence-electron chi connectivity index (χ1n) is 7.14. The van der Waals surface area contributed by atoms with Gasteiger partial charge in [-0.15, -0.1) is 11.3 Å². The highest BCUT2D eigenvalue weighted by Crippen LogP contribution is 2.36. The van der Waals surface area contributed by atoms with E-state index in [1.54, 1.807) is 18.2 Å². The number of carboxylic acid groups (broad SMARTS) is 1. The number of methoxy groups -OCH3 is 1. The number of phenols is 1. The Morgan fingerprint density at radius 3 is 2.61 bits per heavy atom. The minimum absolute atomic E-state index is 0.00666. The molecule has 2 aromatic rings. The van der Waals surface area contributed by atoms with E-state index in [2.05, 4.69) is 0 Å². The van der Waals surface area contributed by atoms with Crippen molar-refractivity contribution >= 4 is 33.2 Å². The van der Waals surface area contributed by atoms with Crippen LogP contribution in [0.3, 0.4) is 0 Å². The molecule has 0 atom stereocenters. The lowest BCUT2D eigenvalue weighted by Gasteiger charge is -2.06. The summed E-state index contributed by atoms with van der Waals surface area (Å²) < 4.78 is 10.9. The van der Waals surface area contributed by atoms with Crippen LogP contribution in [0.4, 0.5) is 0 Å². The van der Waals surface area contributed by atoms with Gasteiger partial charge in [0.05, 0.1) is 4.88 Å². The van der Waals surface area contributed by atoms with Crippen LogP contribution in [0.2, 0.25) is 0 Å². The smallest absolute Gasteiger partial charge is 0.303 e. The van der Waals surface area contributed by atoms with Crippen molar-refractivity contribution in [3.05, 3.63) is 23.1 Å². The molecule has 1 aromatic carbocycles. The fraction of sp³-hybridized carbons (Fsp3) is 0.375. The molecule has 0 aliphatic rings. The molecular formula is C16H18O6S. The van der Waals surface area contributed by atoms with E-state index in [0.717, 1.165) is 10.1 Å². The monoisotopic (exact) mass is 338 g/mol. The standard InChI is InChI=1S/C16H18O6S/c1-21-9-22-13-8-14-10(6-12(13)18)7-15(23-14)11(17)4-2-3-5-16(19)20/h6-8,18H,2-5,9H2,1H3,(H,19,20). The summed E-state index contributed by atoms with van der Waals surface area (Å²) in [5.74, 6) is -0.566. The Labute approximate surface area is 137 Å². The van der Waals surface area contributed by atoms with E-state index < -0.39 is 5.97 Å². The number of carbonyl (C=O) groups is 2. The molecule has 0 spiro atoms. The Bertz CT molecular complexity index is 706. The second kappa shape index (κ2) is 7.94. The van der Waals surface area contributed by atoms with Crippen molar-refractivity contribution in [2.45, 2.75) is 25.7 Å². The van der Waals surface area contributed by atoms with Crippen LogP contribution < -0.4 is 4.74 Å². The van der Waals surface area contributed by atoms with E-state index in [9.17, 15) is 14.7 Å². The topological polar surface area (TPSA) is 93.1 Å². The highest BCUT2D eigenvalue weighted by molar-refractivity contribution is 7.20. The van der Waals surface area contributed by atoms with Crippen molar-refractivity contribution in [3.8, 4) is 11.5 Å². The number of thiophene rings is 1. The Morgan fingerprint density at radius 2 is 1.91 bits per heavy atom. The minimum Gasteiger partial charge on any atom is -0.504 e. The molecule has 0 fully saturated rings. The maximum atomic E-state index is 12.2. The van der Waals surface area contributed by atoms with Crippen LogP contribution in [0.25, 0.3) is 10.1 Å². The van der Waals surface area contributed by atoms with Crippen molar-refractivity contribution in [2.24, 2.45) is 0 Å². The fourth-order valence-corrected chi connectivity index (χ4v) is 3.16. The molecule has 1 aromatic heterocycles. The summed E-state index contributed by atoms with van der Waals surface area (Å²) in [5.41, 5.74) is 0. The highest BCUT2D eigenvalue weighted by atomic mass is 32.1. The van der Waals surface area contributed by atoms with Crippen molar-refractivity contribution in [1.29, 1.82) is 0 Å². The van der Waals surface area contributed by atoms with Gasteiger partial charge in [0, 0.05) is 30.7 Å². The molecule has 0 radical (unpaired) electrons. The van der Waals surface area contributed by atoms with Gasteiger partial charge in [0.25, 0.3) is 0 Å². The normalized spacial score (nSPS) is 10.8. The van der Waals surface area contributed by atoms with E-state index in [4.69, 9.17) is 14.6 Å². The summed E-state index contributed by atoms with van der Waals surface area (Å²) in [6.07, 6.45) is 1.43. The van der Waals surface area contributed by atoms with Gasteiger partial charge in [-0.05, 0) is 30.4 Å². The van der Waals surface area contributed by atoms with Crippen molar-refractivity contribution in [1.82, 2.24) is 0 Å². The van der Waals surface area contributed by atoms with Gasteiger partial charge in [-0.2, -0.15) is 0 Å². The maximum absolute atomic E-state index is 12.2. The number of Topliss-reactive ketones (excluding diaryl/α,β-unsaturated/α-hetero) is 1. The average molecular weight is 338 g/mol. The predicted molar refractivity (Wildman–Crippen MR) is 86.4 cm³/mol. The van der Waals surface area contributed by atoms with Gasteiger partial charge < -0.3 is 19.7 Å². The van der Waals surface area contributed by atoms with E-state index >= 15 is 0 Å². The Balaban J connectivity index is 2.07. The van der Waals surface area contributed by atoms with Crippen LogP contribution in [-0.4, -0.2) is 35.9 Å². The van der Waals surface area contributed by atoms with Crippen LogP contribution in [-0.2, 0) is 9.53 Å². The van der Waals surface area contributed by atoms with Crippen LogP contribution in [0, 0.1) is 0 Å². The van der Waals surface area contributed by atoms with E-state index in [-0.39, 0.29) is 24.7 Å². The lowest BCUT2D eigenvalue weighted by atomic mass is 10.1. The first-order valence-corrected chi connectivity index (χ1v) is 7.96. The zero-order valence-electron chi connectivity index (χ0n) is 12.7. The molecule has 2 N–H and O–H groups in total. The molecule has 0 amide bonds. The van der Waals surface area contributed by atoms with E-state index in [1.165, 1.54) is 18.4 Å². The summed E-state index contributed by atoms with van der Waals surface area (Å²) in [4.78, 5) is 23.2. The maximum Gasteiger partial charge on any atom is 0.303 e. The molecular weight excluding hydrogens is 320 g/mol. The summed E-state index contributed by atoms with van der Waals surface area (Å²) in [6.45, 7) is 0.0276. The predicted octanol–water partition coefficient (Wildman–Crippen LogP) is 3.42. The average Bonchev–Trinajstić information content (AvgIpc) is 2.91. The molecule has 0 saturated carbocycles. The third-order valence-corrected chi connectivity index (χ3v) is 4.39. The molecule has 0 aliphatic heterocycles. The van der Waals surface area contributed by atoms with Crippen molar-refractivity contribution < 1.29 is 29.3 Å². The zero-order valence-corrected chi connectivity index (χ0v) is 13.5. The highest BCUT2D eigenvalue weighted by Gasteiger charge is 2.13. The Morgan fingerprint density at radius 1 is 1.17 bits per heavy atom. The van der Waals surface area contributed by atoms with Crippen LogP contribution in [0.5, 0.6) is 11.5 Å². The molecule has 7 heteroatoms. The quantitative estimate of drug-likeness (QED) is 0.413. The second-order valence-electron chi connectivity index (χ2n) is 5.04. The molecule has 6 nitrogen and oxygen atoms in total. The number of hydrogen-bond acceptors (Lipinski definition) is 6. The van der Waals surface area contributed by atoms with Gasteiger partial charge in [0.15, 0.2) is 24.1 Å². The summed E-state index contributed by atoms with van der Waals surface area (Å²) in [6, 6.07) is 4.97. The Kier molecular flexibility index (Phi) is 5.95. The van der Waals surface area contributed by atoms with E-state index in [0.29, 0.717) is 29.9 Å². The van der Waals surface area contributed by atoms with Gasteiger partial charge in [0.1, 0.15) is 0 Å². The first-order chi connectivity index (χ1) is 11.0. The van der Waals surface area contributed by atoms with Gasteiger partial charge in [-0.1, -0.05) is 0 Å². The fourth-order valence-electron chi connectivity index (χ4n) is 2.12. The lowest BCUT2D eigenvalue weighted by Crippen LogP contribution is -1.98. The molecule has 0 unspecified atom stereocenters. The lowest BCUT2D eigenvalue weighted by molar-refractivity contribution is -0.137. The molecule has 23 heavy (non-hydrogen) atoms. The van der Waals surface area contributed by atoms with Crippen LogP contribution >= 0.6 is 11.3 Å². The first kappa shape index (κ1) is 17.2. The number of aromatic hydroxyl groups is 1. The number of fused-ring (bicyclic) bond motifs is 1. The number of ketones is 1. The number of phenolic OH excluding ortho intramolecular Hbond substituents is 1. The van der Waals surface area contributed by atoms with Gasteiger partial charge >= 0.3 is 5.97 Å². The molecule has 0 bridgehead atoms. The number of unbranched alkanes of at least 4 members (excludes halogenated alkanes) is 1. The zero-order chi connectivity index (χ0) is 16.8. The second-order valence-corrected chi connectivity index (χ2v) is 6.13. The number of rotatable bonds is 9. The van der Waals surface area contributed by atoms with Gasteiger partial charge in [-0.25, -0.2) is 0 Å². The number of carbonyl (C=O) groups excluding carboxylic acids is 1. The summed E-state index contributed by atoms with van der Waals surface area (Å²) in [7, 11) is 1.49. The largest absolute Gasteiger partial charge is 0.504 e. The minimum atomic E-state index is -0.849. The molecule has 0 aliphatic carbocycles. The third-order valence-electron chi connectivity index (χ3n) is 3.25. The number of carboxylic acids is 1. The van der Waals surface area contributed by atoms with Crippen LogP contribution in [0.1, 0.15) is 35.4 Å². The number of aliphatic carboxylic acids is 1. The molecule has 2 rings (SSSR count). The molecule has 0 saturated heterocycles. The molecule has 124 valence electrons. The third kappa shape index (κ3) is 4.67. The van der Waals surface area contributed by atoms with Crippen molar-refractivity contribution in [3.63, 3.8) is 0 Å². The van der Waals surface area contributed by atoms with Gasteiger partial charge in [-0.3, -0.25) is 9.59 Å². The Hall–Kier alpha value is -2.12. The summed E-state index contributed by atoms with van der Waals surface area (Å²) >= 11 is 1.33. The SMILES string of the molecule is COCOc1cc2sc(C(=O)CCCCC(=O)O)cc2cc1O. The number of ether oxygens (including phenoxy) is 2. The van der Waals surface area contributed by atoms with Gasteiger partial charge in [0.2, 0.25) is 0 Å². The molecule has 1 heterocycles. The number of benzene rings is 1.